The van der Waals surface area contributed by atoms with E-state index < -0.39 is 8.80 Å². The molecule has 0 aliphatic heterocycles. The second-order valence-electron chi connectivity index (χ2n) is 10.8. The summed E-state index contributed by atoms with van der Waals surface area (Å²) in [5.41, 5.74) is 10.9. The van der Waals surface area contributed by atoms with Crippen molar-refractivity contribution >= 4 is 37.0 Å². The third-order valence-electron chi connectivity index (χ3n) is 8.67. The van der Waals surface area contributed by atoms with Gasteiger partial charge in [-0.05, 0) is 91.9 Å². The van der Waals surface area contributed by atoms with Gasteiger partial charge >= 0.3 is 8.80 Å². The number of hydrogen-bond acceptors (Lipinski definition) is 5. The average Bonchev–Trinajstić information content (AvgIpc) is 3.08. The molecule has 0 heterocycles. The summed E-state index contributed by atoms with van der Waals surface area (Å²) in [6, 6.07) is 27.6. The molecule has 0 aromatic heterocycles. The molecule has 3 aromatic rings. The molecule has 234 valence electrons. The van der Waals surface area contributed by atoms with Crippen LogP contribution in [0.3, 0.4) is 0 Å². The topological polar surface area (TPSA) is 48.1 Å². The van der Waals surface area contributed by atoms with Crippen LogP contribution in [-0.4, -0.2) is 68.6 Å². The molecule has 3 aromatic carbocycles. The Labute approximate surface area is 266 Å². The molecule has 7 heteroatoms. The lowest BCUT2D eigenvalue weighted by atomic mass is 9.83. The van der Waals surface area contributed by atoms with Crippen molar-refractivity contribution in [1.82, 2.24) is 0 Å². The van der Waals surface area contributed by atoms with Gasteiger partial charge in [0.05, 0.1) is 5.56 Å². The SMILES string of the molecule is CCN(CC)c1ccc(C(=C2C=CC(=[NH+]CCC[Si](OC)(OC)OC)c3ccccc32)c2ccc(N(CC)CC)cc2)cc1. The van der Waals surface area contributed by atoms with Crippen LogP contribution in [-0.2, 0) is 13.3 Å². The number of anilines is 2. The molecule has 0 bridgehead atoms. The molecule has 0 amide bonds. The zero-order valence-electron chi connectivity index (χ0n) is 27.7. The van der Waals surface area contributed by atoms with Crippen molar-refractivity contribution in [2.24, 2.45) is 0 Å². The summed E-state index contributed by atoms with van der Waals surface area (Å²) in [5, 5.41) is 0. The highest BCUT2D eigenvalue weighted by molar-refractivity contribution is 6.60. The van der Waals surface area contributed by atoms with Gasteiger partial charge in [0, 0.05) is 77.4 Å². The largest absolute Gasteiger partial charge is 0.500 e. The van der Waals surface area contributed by atoms with E-state index in [4.69, 9.17) is 13.3 Å². The average molecular weight is 613 g/mol. The molecule has 0 saturated carbocycles. The van der Waals surface area contributed by atoms with Gasteiger partial charge in [-0.3, -0.25) is 0 Å². The molecule has 0 fully saturated rings. The fraction of sp³-hybridized carbons (Fsp3) is 0.378. The first-order valence-electron chi connectivity index (χ1n) is 16.0. The first kappa shape index (κ1) is 33.4. The quantitative estimate of drug-likeness (QED) is 0.167. The Kier molecular flexibility index (Phi) is 12.1. The van der Waals surface area contributed by atoms with E-state index in [1.807, 2.05) is 0 Å². The summed E-state index contributed by atoms with van der Waals surface area (Å²) < 4.78 is 16.8. The third kappa shape index (κ3) is 7.41. The van der Waals surface area contributed by atoms with Gasteiger partial charge in [0.1, 0.15) is 6.54 Å². The van der Waals surface area contributed by atoms with Gasteiger partial charge in [0.25, 0.3) is 0 Å². The summed E-state index contributed by atoms with van der Waals surface area (Å²) >= 11 is 0. The Morgan fingerprint density at radius 2 is 1.11 bits per heavy atom. The minimum absolute atomic E-state index is 0.754. The number of nitrogens with one attached hydrogen (secondary N) is 1. The number of rotatable bonds is 15. The lowest BCUT2D eigenvalue weighted by Crippen LogP contribution is -2.73. The second-order valence-corrected chi connectivity index (χ2v) is 13.9. The van der Waals surface area contributed by atoms with Crippen LogP contribution in [0.4, 0.5) is 11.4 Å². The first-order valence-corrected chi connectivity index (χ1v) is 17.9. The minimum Gasteiger partial charge on any atom is -0.377 e. The fourth-order valence-corrected chi connectivity index (χ4v) is 7.81. The monoisotopic (exact) mass is 612 g/mol. The number of benzene rings is 3. The maximum absolute atomic E-state index is 5.61. The highest BCUT2D eigenvalue weighted by atomic mass is 28.4. The van der Waals surface area contributed by atoms with Crippen molar-refractivity contribution in [1.29, 1.82) is 0 Å². The predicted molar refractivity (Wildman–Crippen MR) is 188 cm³/mol. The van der Waals surface area contributed by atoms with Gasteiger partial charge in [0.2, 0.25) is 5.71 Å². The van der Waals surface area contributed by atoms with Gasteiger partial charge in [-0.25, -0.2) is 4.99 Å². The summed E-state index contributed by atoms with van der Waals surface area (Å²) in [6.07, 6.45) is 5.38. The summed E-state index contributed by atoms with van der Waals surface area (Å²) in [6.45, 7) is 13.6. The van der Waals surface area contributed by atoms with E-state index in [0.29, 0.717) is 0 Å². The van der Waals surface area contributed by atoms with Crippen LogP contribution < -0.4 is 14.8 Å². The molecular formula is C37H50N3O3Si+. The van der Waals surface area contributed by atoms with Crippen LogP contribution in [0.25, 0.3) is 11.1 Å². The Morgan fingerprint density at radius 1 is 0.636 bits per heavy atom. The molecule has 1 N–H and O–H groups in total. The molecule has 1 aliphatic rings. The molecule has 1 aliphatic carbocycles. The van der Waals surface area contributed by atoms with Crippen LogP contribution in [0.2, 0.25) is 6.04 Å². The van der Waals surface area contributed by atoms with Gasteiger partial charge in [-0.1, -0.05) is 42.5 Å². The summed E-state index contributed by atoms with van der Waals surface area (Å²) in [5.74, 6) is 0. The number of fused-ring (bicyclic) bond motifs is 1. The van der Waals surface area contributed by atoms with E-state index in [9.17, 15) is 0 Å². The molecule has 0 saturated heterocycles. The van der Waals surface area contributed by atoms with Crippen molar-refractivity contribution in [2.45, 2.75) is 40.2 Å². The first-order chi connectivity index (χ1) is 21.5. The normalized spacial score (nSPS) is 13.7. The van der Waals surface area contributed by atoms with E-state index >= 15 is 0 Å². The van der Waals surface area contributed by atoms with E-state index in [0.717, 1.165) is 50.9 Å². The van der Waals surface area contributed by atoms with Crippen molar-refractivity contribution in [2.75, 3.05) is 63.9 Å². The molecule has 0 unspecified atom stereocenters. The molecule has 0 spiro atoms. The number of nitrogens with zero attached hydrogens (tertiary/aromatic N) is 2. The molecule has 44 heavy (non-hydrogen) atoms. The Balaban J connectivity index is 1.78. The molecule has 0 atom stereocenters. The Morgan fingerprint density at radius 3 is 1.57 bits per heavy atom. The van der Waals surface area contributed by atoms with Gasteiger partial charge in [0.15, 0.2) is 0 Å². The van der Waals surface area contributed by atoms with Gasteiger partial charge < -0.3 is 23.1 Å². The van der Waals surface area contributed by atoms with E-state index in [1.165, 1.54) is 44.8 Å². The van der Waals surface area contributed by atoms with Crippen LogP contribution in [0.1, 0.15) is 56.4 Å². The van der Waals surface area contributed by atoms with Crippen LogP contribution in [0.15, 0.2) is 84.9 Å². The zero-order valence-corrected chi connectivity index (χ0v) is 28.7. The van der Waals surface area contributed by atoms with E-state index in [1.54, 1.807) is 21.3 Å². The number of hydrogen-bond donors (Lipinski definition) is 1. The van der Waals surface area contributed by atoms with Crippen LogP contribution in [0.5, 0.6) is 0 Å². The fourth-order valence-electron chi connectivity index (χ4n) is 6.09. The van der Waals surface area contributed by atoms with Crippen molar-refractivity contribution in [3.63, 3.8) is 0 Å². The van der Waals surface area contributed by atoms with Crippen molar-refractivity contribution < 1.29 is 18.3 Å². The minimum atomic E-state index is -2.59. The van der Waals surface area contributed by atoms with Crippen LogP contribution in [0, 0.1) is 0 Å². The summed E-state index contributed by atoms with van der Waals surface area (Å²) in [7, 11) is 2.41. The maximum atomic E-state index is 5.61. The Hall–Kier alpha value is -3.49. The molecule has 6 nitrogen and oxygen atoms in total. The van der Waals surface area contributed by atoms with Gasteiger partial charge in [-0.15, -0.1) is 0 Å². The maximum Gasteiger partial charge on any atom is 0.500 e. The van der Waals surface area contributed by atoms with Crippen LogP contribution >= 0.6 is 0 Å². The standard InChI is InChI=1S/C37H49N3O3Si/c1-8-39(9-2)31-21-17-29(18-22-31)37(30-19-23-32(24-20-30)40(10-3)11-4)35-25-26-36(34-16-13-12-15-33(34)35)38-27-14-28-44(41-5,42-6)43-7/h12-13,15-26H,8-11,14,27-28H2,1-7H3/p+1. The lowest BCUT2D eigenvalue weighted by Gasteiger charge is -2.24. The van der Waals surface area contributed by atoms with E-state index in [2.05, 4.69) is 127 Å². The zero-order chi connectivity index (χ0) is 31.5. The smallest absolute Gasteiger partial charge is 0.377 e. The third-order valence-corrected chi connectivity index (χ3v) is 11.5. The van der Waals surface area contributed by atoms with Crippen molar-refractivity contribution in [3.05, 3.63) is 107 Å². The predicted octanol–water partition coefficient (Wildman–Crippen LogP) is 6.05. The summed E-state index contributed by atoms with van der Waals surface area (Å²) in [4.78, 5) is 8.45. The second kappa shape index (κ2) is 16.0. The van der Waals surface area contributed by atoms with E-state index in [-0.39, 0.29) is 0 Å². The highest BCUT2D eigenvalue weighted by Gasteiger charge is 2.37. The molecule has 0 radical (unpaired) electrons. The number of allylic oxidation sites excluding steroid dienone is 3. The molecule has 4 rings (SSSR count). The van der Waals surface area contributed by atoms with Crippen molar-refractivity contribution in [3.8, 4) is 0 Å². The Bertz CT molecular complexity index is 1370. The van der Waals surface area contributed by atoms with Gasteiger partial charge in [-0.2, -0.15) is 0 Å². The lowest BCUT2D eigenvalue weighted by molar-refractivity contribution is -0.455. The molecular weight excluding hydrogens is 563 g/mol. The highest BCUT2D eigenvalue weighted by Crippen LogP contribution is 2.37.